The fourth-order valence-corrected chi connectivity index (χ4v) is 3.63. The predicted octanol–water partition coefficient (Wildman–Crippen LogP) is 1.78. The minimum atomic E-state index is 0. The molecule has 0 atom stereocenters. The largest absolute Gasteiger partial charge is 0.412 e. The van der Waals surface area contributed by atoms with Crippen LogP contribution in [0.2, 0.25) is 0 Å². The van der Waals surface area contributed by atoms with Gasteiger partial charge in [0.25, 0.3) is 0 Å². The van der Waals surface area contributed by atoms with E-state index < -0.39 is 0 Å². The Morgan fingerprint density at radius 2 is 1.94 bits per heavy atom. The Hall–Kier alpha value is -1.08. The number of thioether (sulfide) groups is 2. The van der Waals surface area contributed by atoms with Crippen molar-refractivity contribution in [2.24, 2.45) is 4.99 Å². The van der Waals surface area contributed by atoms with Gasteiger partial charge in [-0.15, -0.1) is 0 Å². The molecule has 4 N–H and O–H groups in total. The van der Waals surface area contributed by atoms with Gasteiger partial charge in [0.2, 0.25) is 0 Å². The predicted molar refractivity (Wildman–Crippen MR) is 79.6 cm³/mol. The summed E-state index contributed by atoms with van der Waals surface area (Å²) in [5.74, 6) is 1.10. The third-order valence-electron chi connectivity index (χ3n) is 2.38. The highest BCUT2D eigenvalue weighted by molar-refractivity contribution is 8.39. The van der Waals surface area contributed by atoms with E-state index in [9.17, 15) is 0 Å². The summed E-state index contributed by atoms with van der Waals surface area (Å²) in [7, 11) is 0. The van der Waals surface area contributed by atoms with E-state index in [-0.39, 0.29) is 11.0 Å². The third-order valence-corrected chi connectivity index (χ3v) is 4.57. The van der Waals surface area contributed by atoms with Crippen LogP contribution in [0.25, 0.3) is 10.8 Å². The second-order valence-electron chi connectivity index (χ2n) is 3.44. The number of pyridine rings is 1. The molecule has 6 heteroatoms. The van der Waals surface area contributed by atoms with Crippen molar-refractivity contribution in [2.45, 2.75) is 5.03 Å². The average molecular weight is 282 g/mol. The number of rotatable bonds is 1. The van der Waals surface area contributed by atoms with Crippen LogP contribution in [0.5, 0.6) is 0 Å². The molecule has 0 amide bonds. The summed E-state index contributed by atoms with van der Waals surface area (Å²) in [6.45, 7) is 0.942. The maximum atomic E-state index is 4.44. The van der Waals surface area contributed by atoms with Gasteiger partial charge in [-0.1, -0.05) is 36.0 Å². The Labute approximate surface area is 114 Å². The zero-order valence-electron chi connectivity index (χ0n) is 9.59. The molecule has 1 aromatic heterocycles. The highest BCUT2D eigenvalue weighted by Crippen LogP contribution is 2.32. The zero-order valence-corrected chi connectivity index (χ0v) is 11.2. The van der Waals surface area contributed by atoms with Crippen LogP contribution in [0.3, 0.4) is 0 Å². The Kier molecular flexibility index (Phi) is 5.61. The molecule has 0 saturated heterocycles. The van der Waals surface area contributed by atoms with Gasteiger partial charge >= 0.3 is 0 Å². The SMILES string of the molecule is O.O.c1ccc2c(SC3=NCCS3)nccc2c1. The Morgan fingerprint density at radius 1 is 1.11 bits per heavy atom. The van der Waals surface area contributed by atoms with E-state index in [1.807, 2.05) is 24.0 Å². The summed E-state index contributed by atoms with van der Waals surface area (Å²) in [6.07, 6.45) is 1.87. The molecule has 1 aliphatic heterocycles. The number of aromatic nitrogens is 1. The van der Waals surface area contributed by atoms with Gasteiger partial charge in [0.05, 0.1) is 6.54 Å². The molecule has 2 heterocycles. The van der Waals surface area contributed by atoms with Crippen LogP contribution in [0.15, 0.2) is 46.5 Å². The van der Waals surface area contributed by atoms with Crippen molar-refractivity contribution < 1.29 is 11.0 Å². The number of aliphatic imine (C=N–C) groups is 1. The molecule has 0 radical (unpaired) electrons. The van der Waals surface area contributed by atoms with Gasteiger partial charge in [-0.25, -0.2) is 4.98 Å². The zero-order chi connectivity index (χ0) is 10.8. The van der Waals surface area contributed by atoms with Gasteiger partial charge in [-0.2, -0.15) is 0 Å². The standard InChI is InChI=1S/C12H10N2S2.2H2O/c1-2-4-10-9(3-1)5-6-13-11(10)16-12-14-7-8-15-12;;/h1-6H,7-8H2;2*1H2. The van der Waals surface area contributed by atoms with Gasteiger partial charge in [-0.3, -0.25) is 4.99 Å². The molecule has 0 saturated carbocycles. The first kappa shape index (κ1) is 15.0. The first-order valence-corrected chi connectivity index (χ1v) is 6.92. The lowest BCUT2D eigenvalue weighted by atomic mass is 10.2. The van der Waals surface area contributed by atoms with Crippen molar-refractivity contribution in [1.29, 1.82) is 0 Å². The quantitative estimate of drug-likeness (QED) is 0.798. The molecule has 0 aliphatic carbocycles. The van der Waals surface area contributed by atoms with E-state index in [1.165, 1.54) is 10.8 Å². The van der Waals surface area contributed by atoms with E-state index >= 15 is 0 Å². The number of benzene rings is 1. The molecule has 2 aromatic rings. The molecule has 1 aromatic carbocycles. The molecule has 3 rings (SSSR count). The van der Waals surface area contributed by atoms with Crippen LogP contribution in [0.1, 0.15) is 0 Å². The second kappa shape index (κ2) is 6.75. The van der Waals surface area contributed by atoms with Gasteiger partial charge in [0.15, 0.2) is 0 Å². The first-order valence-electron chi connectivity index (χ1n) is 5.12. The molecule has 0 spiro atoms. The van der Waals surface area contributed by atoms with Crippen molar-refractivity contribution in [3.05, 3.63) is 36.5 Å². The van der Waals surface area contributed by atoms with Gasteiger partial charge < -0.3 is 11.0 Å². The average Bonchev–Trinajstić information content (AvgIpc) is 2.82. The molecule has 18 heavy (non-hydrogen) atoms. The normalized spacial score (nSPS) is 13.7. The highest BCUT2D eigenvalue weighted by atomic mass is 32.2. The lowest BCUT2D eigenvalue weighted by Crippen LogP contribution is -1.86. The van der Waals surface area contributed by atoms with Crippen LogP contribution in [0.4, 0.5) is 0 Å². The fraction of sp³-hybridized carbons (Fsp3) is 0.167. The number of hydrogen-bond acceptors (Lipinski definition) is 4. The molecule has 96 valence electrons. The molecule has 4 nitrogen and oxygen atoms in total. The van der Waals surface area contributed by atoms with Crippen LogP contribution in [0, 0.1) is 0 Å². The van der Waals surface area contributed by atoms with Crippen molar-refractivity contribution in [1.82, 2.24) is 4.98 Å². The smallest absolute Gasteiger partial charge is 0.131 e. The van der Waals surface area contributed by atoms with Crippen LogP contribution in [-0.4, -0.2) is 32.6 Å². The molecule has 0 unspecified atom stereocenters. The summed E-state index contributed by atoms with van der Waals surface area (Å²) in [6, 6.07) is 10.4. The van der Waals surface area contributed by atoms with E-state index in [0.29, 0.717) is 0 Å². The van der Waals surface area contributed by atoms with Crippen LogP contribution >= 0.6 is 23.5 Å². The topological polar surface area (TPSA) is 88.2 Å². The van der Waals surface area contributed by atoms with Crippen molar-refractivity contribution in [3.63, 3.8) is 0 Å². The van der Waals surface area contributed by atoms with Gasteiger partial charge in [0.1, 0.15) is 9.40 Å². The Morgan fingerprint density at radius 3 is 2.72 bits per heavy atom. The Balaban J connectivity index is 0.000000810. The van der Waals surface area contributed by atoms with E-state index in [2.05, 4.69) is 34.2 Å². The summed E-state index contributed by atoms with van der Waals surface area (Å²) in [5, 5.41) is 3.51. The molecule has 0 bridgehead atoms. The van der Waals surface area contributed by atoms with Crippen molar-refractivity contribution in [2.75, 3.05) is 12.3 Å². The fourth-order valence-electron chi connectivity index (χ4n) is 1.63. The maximum Gasteiger partial charge on any atom is 0.131 e. The number of hydrogen-bond donors (Lipinski definition) is 0. The first-order chi connectivity index (χ1) is 7.93. The monoisotopic (exact) mass is 282 g/mol. The van der Waals surface area contributed by atoms with Crippen molar-refractivity contribution >= 4 is 38.7 Å². The number of nitrogens with zero attached hydrogens (tertiary/aromatic N) is 2. The molecular formula is C12H14N2O2S2. The molecule has 1 aliphatic rings. The van der Waals surface area contributed by atoms with E-state index in [0.717, 1.165) is 21.7 Å². The molecule has 0 fully saturated rings. The lowest BCUT2D eigenvalue weighted by molar-refractivity contribution is 0.823. The van der Waals surface area contributed by atoms with Crippen LogP contribution in [-0.2, 0) is 0 Å². The maximum absolute atomic E-state index is 4.44. The highest BCUT2D eigenvalue weighted by Gasteiger charge is 2.11. The van der Waals surface area contributed by atoms with Crippen LogP contribution < -0.4 is 0 Å². The Bertz CT molecular complexity index is 555. The van der Waals surface area contributed by atoms with Crippen molar-refractivity contribution in [3.8, 4) is 0 Å². The lowest BCUT2D eigenvalue weighted by Gasteiger charge is -2.03. The van der Waals surface area contributed by atoms with E-state index in [1.54, 1.807) is 11.8 Å². The van der Waals surface area contributed by atoms with E-state index in [4.69, 9.17) is 0 Å². The number of fused-ring (bicyclic) bond motifs is 1. The molecular weight excluding hydrogens is 268 g/mol. The summed E-state index contributed by atoms with van der Waals surface area (Å²) in [4.78, 5) is 8.88. The summed E-state index contributed by atoms with van der Waals surface area (Å²) >= 11 is 3.50. The summed E-state index contributed by atoms with van der Waals surface area (Å²) < 4.78 is 1.14. The third kappa shape index (κ3) is 3.02. The minimum Gasteiger partial charge on any atom is -0.412 e. The second-order valence-corrected chi connectivity index (χ2v) is 5.75. The van der Waals surface area contributed by atoms with Gasteiger partial charge in [0, 0.05) is 17.3 Å². The minimum absolute atomic E-state index is 0. The summed E-state index contributed by atoms with van der Waals surface area (Å²) in [5.41, 5.74) is 0. The van der Waals surface area contributed by atoms with Gasteiger partial charge in [-0.05, 0) is 23.2 Å².